The van der Waals surface area contributed by atoms with E-state index in [2.05, 4.69) is 43.8 Å². The summed E-state index contributed by atoms with van der Waals surface area (Å²) in [5.41, 5.74) is 2.06. The number of aromatic nitrogens is 3. The summed E-state index contributed by atoms with van der Waals surface area (Å²) in [6, 6.07) is 4.05. The molecule has 0 aliphatic heterocycles. The van der Waals surface area contributed by atoms with Crippen LogP contribution >= 0.6 is 11.6 Å². The van der Waals surface area contributed by atoms with Gasteiger partial charge in [0.25, 0.3) is 0 Å². The monoisotopic (exact) mass is 265 g/mol. The van der Waals surface area contributed by atoms with Gasteiger partial charge >= 0.3 is 0 Å². The molecule has 0 saturated carbocycles. The largest absolute Gasteiger partial charge is 0.212 e. The van der Waals surface area contributed by atoms with Gasteiger partial charge in [0.15, 0.2) is 11.5 Å². The minimum atomic E-state index is 0.446. The van der Waals surface area contributed by atoms with Gasteiger partial charge in [-0.2, -0.15) is 0 Å². The zero-order chi connectivity index (χ0) is 13.3. The fraction of sp³-hybridized carbons (Fsp3) is 0.571. The number of halogens is 1. The molecule has 2 heterocycles. The molecule has 98 valence electrons. The Bertz CT molecular complexity index is 545. The van der Waals surface area contributed by atoms with Gasteiger partial charge in [0, 0.05) is 6.42 Å². The summed E-state index contributed by atoms with van der Waals surface area (Å²) in [6.07, 6.45) is 2.05. The van der Waals surface area contributed by atoms with Gasteiger partial charge in [-0.25, -0.2) is 9.50 Å². The van der Waals surface area contributed by atoms with Gasteiger partial charge in [-0.15, -0.1) is 5.10 Å². The van der Waals surface area contributed by atoms with Crippen molar-refractivity contribution in [2.24, 2.45) is 5.92 Å². The molecule has 0 saturated heterocycles. The number of rotatable bonds is 4. The van der Waals surface area contributed by atoms with Crippen LogP contribution in [0.3, 0.4) is 0 Å². The summed E-state index contributed by atoms with van der Waals surface area (Å²) in [4.78, 5) is 4.57. The fourth-order valence-corrected chi connectivity index (χ4v) is 2.13. The summed E-state index contributed by atoms with van der Waals surface area (Å²) >= 11 is 6.25. The standard InChI is InChI=1S/C14H20ClN3/c1-5-10(4)6-13-16-14-8-11(9(2)3)7-12(15)18(14)17-13/h7-10H,5-6H2,1-4H3. The Kier molecular flexibility index (Phi) is 3.91. The molecule has 4 heteroatoms. The first-order valence-corrected chi connectivity index (χ1v) is 6.94. The molecule has 0 amide bonds. The second-order valence-corrected chi connectivity index (χ2v) is 5.67. The molecule has 3 nitrogen and oxygen atoms in total. The molecular weight excluding hydrogens is 246 g/mol. The fourth-order valence-electron chi connectivity index (χ4n) is 1.88. The van der Waals surface area contributed by atoms with Crippen LogP contribution in [0, 0.1) is 5.92 Å². The highest BCUT2D eigenvalue weighted by molar-refractivity contribution is 6.29. The van der Waals surface area contributed by atoms with Crippen molar-refractivity contribution in [3.05, 3.63) is 28.7 Å². The molecule has 0 fully saturated rings. The van der Waals surface area contributed by atoms with Crippen molar-refractivity contribution < 1.29 is 0 Å². The second-order valence-electron chi connectivity index (χ2n) is 5.28. The Morgan fingerprint density at radius 3 is 2.61 bits per heavy atom. The van der Waals surface area contributed by atoms with Crippen LogP contribution in [0.15, 0.2) is 12.1 Å². The van der Waals surface area contributed by atoms with Crippen LogP contribution in [0.25, 0.3) is 5.65 Å². The lowest BCUT2D eigenvalue weighted by atomic mass is 10.1. The lowest BCUT2D eigenvalue weighted by Crippen LogP contribution is -2.00. The zero-order valence-corrected chi connectivity index (χ0v) is 12.2. The van der Waals surface area contributed by atoms with Crippen LogP contribution in [-0.4, -0.2) is 14.6 Å². The molecule has 0 aromatic carbocycles. The number of nitrogens with zero attached hydrogens (tertiary/aromatic N) is 3. The van der Waals surface area contributed by atoms with E-state index in [9.17, 15) is 0 Å². The SMILES string of the molecule is CCC(C)Cc1nc2cc(C(C)C)cc(Cl)n2n1. The van der Waals surface area contributed by atoms with E-state index in [-0.39, 0.29) is 0 Å². The zero-order valence-electron chi connectivity index (χ0n) is 11.4. The van der Waals surface area contributed by atoms with Gasteiger partial charge in [-0.05, 0) is 29.5 Å². The van der Waals surface area contributed by atoms with Crippen molar-refractivity contribution in [1.82, 2.24) is 14.6 Å². The maximum Gasteiger partial charge on any atom is 0.157 e. The third-order valence-corrected chi connectivity index (χ3v) is 3.62. The molecule has 1 atom stereocenters. The molecule has 2 aromatic heterocycles. The van der Waals surface area contributed by atoms with E-state index in [1.807, 2.05) is 6.07 Å². The maximum atomic E-state index is 6.25. The molecule has 1 unspecified atom stereocenters. The van der Waals surface area contributed by atoms with E-state index in [0.29, 0.717) is 17.0 Å². The third kappa shape index (κ3) is 2.66. The first-order chi connectivity index (χ1) is 8.51. The predicted molar refractivity (Wildman–Crippen MR) is 75.2 cm³/mol. The molecule has 2 aromatic rings. The van der Waals surface area contributed by atoms with Crippen molar-refractivity contribution in [1.29, 1.82) is 0 Å². The van der Waals surface area contributed by atoms with Gasteiger partial charge in [0.1, 0.15) is 5.15 Å². The van der Waals surface area contributed by atoms with Gasteiger partial charge in [0.05, 0.1) is 0 Å². The first-order valence-electron chi connectivity index (χ1n) is 6.56. The van der Waals surface area contributed by atoms with Crippen molar-refractivity contribution >= 4 is 17.2 Å². The predicted octanol–water partition coefficient (Wildman–Crippen LogP) is 4.09. The van der Waals surface area contributed by atoms with E-state index in [1.54, 1.807) is 4.52 Å². The number of pyridine rings is 1. The van der Waals surface area contributed by atoms with Crippen LogP contribution in [0.2, 0.25) is 5.15 Å². The van der Waals surface area contributed by atoms with E-state index in [1.165, 1.54) is 5.56 Å². The molecule has 0 spiro atoms. The molecule has 0 N–H and O–H groups in total. The van der Waals surface area contributed by atoms with E-state index in [0.717, 1.165) is 24.3 Å². The second kappa shape index (κ2) is 5.27. The number of hydrogen-bond acceptors (Lipinski definition) is 2. The molecule has 0 aliphatic rings. The normalized spacial score (nSPS) is 13.4. The van der Waals surface area contributed by atoms with Gasteiger partial charge in [-0.1, -0.05) is 45.7 Å². The summed E-state index contributed by atoms with van der Waals surface area (Å²) < 4.78 is 1.73. The average Bonchev–Trinajstić information content (AvgIpc) is 2.71. The van der Waals surface area contributed by atoms with Gasteiger partial charge in [0.2, 0.25) is 0 Å². The molecule has 18 heavy (non-hydrogen) atoms. The lowest BCUT2D eigenvalue weighted by Gasteiger charge is -2.05. The smallest absolute Gasteiger partial charge is 0.157 e. The Morgan fingerprint density at radius 2 is 2.00 bits per heavy atom. The summed E-state index contributed by atoms with van der Waals surface area (Å²) in [5.74, 6) is 1.93. The van der Waals surface area contributed by atoms with E-state index in [4.69, 9.17) is 11.6 Å². The minimum absolute atomic E-state index is 0.446. The van der Waals surface area contributed by atoms with Crippen LogP contribution in [0.4, 0.5) is 0 Å². The van der Waals surface area contributed by atoms with Gasteiger partial charge in [-0.3, -0.25) is 0 Å². The quantitative estimate of drug-likeness (QED) is 0.780. The van der Waals surface area contributed by atoms with Crippen molar-refractivity contribution in [2.75, 3.05) is 0 Å². The van der Waals surface area contributed by atoms with E-state index < -0.39 is 0 Å². The van der Waals surface area contributed by atoms with Crippen LogP contribution < -0.4 is 0 Å². The van der Waals surface area contributed by atoms with Crippen LogP contribution in [-0.2, 0) is 6.42 Å². The summed E-state index contributed by atoms with van der Waals surface area (Å²) in [6.45, 7) is 8.70. The van der Waals surface area contributed by atoms with Crippen molar-refractivity contribution in [2.45, 2.75) is 46.5 Å². The van der Waals surface area contributed by atoms with Crippen LogP contribution in [0.5, 0.6) is 0 Å². The summed E-state index contributed by atoms with van der Waals surface area (Å²) in [7, 11) is 0. The maximum absolute atomic E-state index is 6.25. The Labute approximate surface area is 113 Å². The Balaban J connectivity index is 2.41. The summed E-state index contributed by atoms with van der Waals surface area (Å²) in [5, 5.41) is 5.11. The Morgan fingerprint density at radius 1 is 1.28 bits per heavy atom. The lowest BCUT2D eigenvalue weighted by molar-refractivity contribution is 0.543. The highest BCUT2D eigenvalue weighted by Crippen LogP contribution is 2.21. The van der Waals surface area contributed by atoms with Gasteiger partial charge < -0.3 is 0 Å². The third-order valence-electron chi connectivity index (χ3n) is 3.35. The first kappa shape index (κ1) is 13.3. The Hall–Kier alpha value is -1.09. The minimum Gasteiger partial charge on any atom is -0.212 e. The van der Waals surface area contributed by atoms with Crippen molar-refractivity contribution in [3.63, 3.8) is 0 Å². The van der Waals surface area contributed by atoms with Crippen molar-refractivity contribution in [3.8, 4) is 0 Å². The number of fused-ring (bicyclic) bond motifs is 1. The number of hydrogen-bond donors (Lipinski definition) is 0. The highest BCUT2D eigenvalue weighted by Gasteiger charge is 2.11. The highest BCUT2D eigenvalue weighted by atomic mass is 35.5. The average molecular weight is 266 g/mol. The molecule has 2 rings (SSSR count). The van der Waals surface area contributed by atoms with E-state index >= 15 is 0 Å². The van der Waals surface area contributed by atoms with Crippen LogP contribution in [0.1, 0.15) is 51.4 Å². The molecule has 0 radical (unpaired) electrons. The topological polar surface area (TPSA) is 30.2 Å². The molecule has 0 bridgehead atoms. The molecule has 0 aliphatic carbocycles. The molecular formula is C14H20ClN3.